The molecule has 4 aromatic rings. The van der Waals surface area contributed by atoms with Gasteiger partial charge in [0.2, 0.25) is 5.95 Å². The van der Waals surface area contributed by atoms with Gasteiger partial charge in [0, 0.05) is 49.7 Å². The molecule has 168 valence electrons. The third-order valence-corrected chi connectivity index (χ3v) is 6.09. The fourth-order valence-corrected chi connectivity index (χ4v) is 4.28. The third kappa shape index (κ3) is 4.17. The van der Waals surface area contributed by atoms with E-state index in [-0.39, 0.29) is 5.78 Å². The Morgan fingerprint density at radius 1 is 1.00 bits per heavy atom. The van der Waals surface area contributed by atoms with Crippen molar-refractivity contribution in [2.24, 2.45) is 0 Å². The molecule has 2 aromatic heterocycles. The summed E-state index contributed by atoms with van der Waals surface area (Å²) in [4.78, 5) is 38.7. The van der Waals surface area contributed by atoms with Crippen LogP contribution < -0.4 is 10.7 Å². The van der Waals surface area contributed by atoms with Crippen LogP contribution in [0.3, 0.4) is 0 Å². The number of benzene rings is 2. The zero-order chi connectivity index (χ0) is 22.9. The summed E-state index contributed by atoms with van der Waals surface area (Å²) < 4.78 is 7.17. The highest BCUT2D eigenvalue weighted by molar-refractivity contribution is 6.11. The number of hydrogen-bond donors (Lipinski definition) is 0. The summed E-state index contributed by atoms with van der Waals surface area (Å²) in [5, 5.41) is 0. The molecule has 1 aliphatic heterocycles. The van der Waals surface area contributed by atoms with Gasteiger partial charge in [0.25, 0.3) is 0 Å². The van der Waals surface area contributed by atoms with Crippen LogP contribution in [0.25, 0.3) is 11.1 Å². The van der Waals surface area contributed by atoms with Crippen molar-refractivity contribution >= 4 is 22.8 Å². The monoisotopic (exact) mass is 443 g/mol. The maximum atomic E-state index is 13.1. The van der Waals surface area contributed by atoms with Gasteiger partial charge in [-0.05, 0) is 43.7 Å². The van der Waals surface area contributed by atoms with Crippen LogP contribution in [0.2, 0.25) is 0 Å². The van der Waals surface area contributed by atoms with Gasteiger partial charge in [0.05, 0.1) is 12.2 Å². The number of fused-ring (bicyclic) bond motifs is 1. The highest BCUT2D eigenvalue weighted by Crippen LogP contribution is 2.23. The smallest absolute Gasteiger partial charge is 0.408 e. The van der Waals surface area contributed by atoms with Crippen molar-refractivity contribution in [3.8, 4) is 0 Å². The quantitative estimate of drug-likeness (QED) is 0.439. The molecule has 1 saturated heterocycles. The Hall–Kier alpha value is -3.78. The number of rotatable bonds is 5. The predicted molar refractivity (Wildman–Crippen MR) is 126 cm³/mol. The van der Waals surface area contributed by atoms with Gasteiger partial charge in [-0.2, -0.15) is 0 Å². The van der Waals surface area contributed by atoms with Crippen molar-refractivity contribution in [1.29, 1.82) is 0 Å². The van der Waals surface area contributed by atoms with Crippen molar-refractivity contribution in [3.63, 3.8) is 0 Å². The highest BCUT2D eigenvalue weighted by atomic mass is 16.4. The Labute approximate surface area is 191 Å². The standard InChI is InChI=1S/C25H25N5O3/c1-17-5-3-6-19(13-17)23(31)20-15-22-21(14-18(20)2)30(25(32)33-22)16-28-9-11-29(12-10-28)24-26-7-4-8-27-24/h3-8,13-15H,9-12,16H2,1-2H3. The van der Waals surface area contributed by atoms with Gasteiger partial charge in [-0.3, -0.25) is 14.3 Å². The first-order valence-corrected chi connectivity index (χ1v) is 11.0. The van der Waals surface area contributed by atoms with E-state index in [9.17, 15) is 9.59 Å². The molecule has 33 heavy (non-hydrogen) atoms. The SMILES string of the molecule is Cc1cccc(C(=O)c2cc3oc(=O)n(CN4CCN(c5ncccn5)CC4)c3cc2C)c1. The average Bonchev–Trinajstić information content (AvgIpc) is 3.13. The van der Waals surface area contributed by atoms with Crippen LogP contribution in [0.15, 0.2) is 64.1 Å². The zero-order valence-electron chi connectivity index (χ0n) is 18.7. The molecule has 1 aliphatic rings. The van der Waals surface area contributed by atoms with Gasteiger partial charge >= 0.3 is 5.76 Å². The molecule has 0 radical (unpaired) electrons. The van der Waals surface area contributed by atoms with Gasteiger partial charge in [-0.25, -0.2) is 14.8 Å². The first-order valence-electron chi connectivity index (χ1n) is 11.0. The predicted octanol–water partition coefficient (Wildman–Crippen LogP) is 3.01. The number of nitrogens with zero attached hydrogens (tertiary/aromatic N) is 5. The summed E-state index contributed by atoms with van der Waals surface area (Å²) >= 11 is 0. The lowest BCUT2D eigenvalue weighted by atomic mass is 9.97. The lowest BCUT2D eigenvalue weighted by Gasteiger charge is -2.34. The first-order chi connectivity index (χ1) is 16.0. The van der Waals surface area contributed by atoms with Crippen LogP contribution in [0.5, 0.6) is 0 Å². The van der Waals surface area contributed by atoms with E-state index in [0.29, 0.717) is 28.9 Å². The summed E-state index contributed by atoms with van der Waals surface area (Å²) in [6.45, 7) is 7.40. The topological polar surface area (TPSA) is 84.5 Å². The van der Waals surface area contributed by atoms with Crippen molar-refractivity contribution in [2.75, 3.05) is 31.1 Å². The van der Waals surface area contributed by atoms with Crippen molar-refractivity contribution in [3.05, 3.63) is 87.7 Å². The number of aromatic nitrogens is 3. The molecule has 3 heterocycles. The largest absolute Gasteiger partial charge is 0.421 e. The van der Waals surface area contributed by atoms with E-state index < -0.39 is 5.76 Å². The Kier molecular flexibility index (Phi) is 5.51. The second-order valence-corrected chi connectivity index (χ2v) is 8.42. The molecule has 8 nitrogen and oxygen atoms in total. The normalized spacial score (nSPS) is 14.7. The van der Waals surface area contributed by atoms with Crippen LogP contribution in [0, 0.1) is 13.8 Å². The second kappa shape index (κ2) is 8.63. The van der Waals surface area contributed by atoms with Crippen LogP contribution in [0.1, 0.15) is 27.0 Å². The molecular formula is C25H25N5O3. The first kappa shape index (κ1) is 21.1. The lowest BCUT2D eigenvalue weighted by Crippen LogP contribution is -2.48. The van der Waals surface area contributed by atoms with Gasteiger partial charge in [0.15, 0.2) is 11.4 Å². The fraction of sp³-hybridized carbons (Fsp3) is 0.280. The van der Waals surface area contributed by atoms with Crippen LogP contribution >= 0.6 is 0 Å². The maximum absolute atomic E-state index is 13.1. The summed E-state index contributed by atoms with van der Waals surface area (Å²) in [7, 11) is 0. The van der Waals surface area contributed by atoms with E-state index in [1.165, 1.54) is 0 Å². The van der Waals surface area contributed by atoms with Crippen molar-refractivity contribution in [1.82, 2.24) is 19.4 Å². The van der Waals surface area contributed by atoms with E-state index in [2.05, 4.69) is 19.8 Å². The third-order valence-electron chi connectivity index (χ3n) is 6.09. The molecule has 1 fully saturated rings. The summed E-state index contributed by atoms with van der Waals surface area (Å²) in [6, 6.07) is 12.9. The molecule has 0 N–H and O–H groups in total. The molecule has 8 heteroatoms. The number of oxazole rings is 1. The minimum atomic E-state index is -0.418. The number of piperazine rings is 1. The summed E-state index contributed by atoms with van der Waals surface area (Å²) in [5.41, 5.74) is 4.14. The Morgan fingerprint density at radius 2 is 1.76 bits per heavy atom. The number of anilines is 1. The molecule has 0 saturated carbocycles. The van der Waals surface area contributed by atoms with Gasteiger partial charge in [-0.1, -0.05) is 23.8 Å². The molecule has 0 unspecified atom stereocenters. The molecule has 0 atom stereocenters. The molecule has 0 amide bonds. The van der Waals surface area contributed by atoms with Crippen LogP contribution in [-0.4, -0.2) is 51.4 Å². The van der Waals surface area contributed by atoms with Gasteiger partial charge in [-0.15, -0.1) is 0 Å². The second-order valence-electron chi connectivity index (χ2n) is 8.42. The Bertz CT molecular complexity index is 1370. The fourth-order valence-electron chi connectivity index (χ4n) is 4.28. The number of aryl methyl sites for hydroxylation is 2. The number of carbonyl (C=O) groups is 1. The van der Waals surface area contributed by atoms with Gasteiger partial charge in [0.1, 0.15) is 0 Å². The average molecular weight is 444 g/mol. The summed E-state index contributed by atoms with van der Waals surface area (Å²) in [5.74, 6) is 0.232. The molecule has 0 spiro atoms. The zero-order valence-corrected chi connectivity index (χ0v) is 18.7. The maximum Gasteiger partial charge on any atom is 0.421 e. The minimum absolute atomic E-state index is 0.0762. The molecule has 2 aromatic carbocycles. The number of ketones is 1. The van der Waals surface area contributed by atoms with E-state index in [4.69, 9.17) is 4.42 Å². The van der Waals surface area contributed by atoms with Crippen molar-refractivity contribution in [2.45, 2.75) is 20.5 Å². The van der Waals surface area contributed by atoms with E-state index in [0.717, 1.165) is 43.3 Å². The number of carbonyl (C=O) groups excluding carboxylic acids is 1. The van der Waals surface area contributed by atoms with Crippen LogP contribution in [0.4, 0.5) is 5.95 Å². The Morgan fingerprint density at radius 3 is 2.48 bits per heavy atom. The van der Waals surface area contributed by atoms with Crippen molar-refractivity contribution < 1.29 is 9.21 Å². The summed E-state index contributed by atoms with van der Waals surface area (Å²) in [6.07, 6.45) is 3.48. The molecule has 5 rings (SSSR count). The Balaban J connectivity index is 1.37. The van der Waals surface area contributed by atoms with E-state index in [1.54, 1.807) is 35.2 Å². The highest BCUT2D eigenvalue weighted by Gasteiger charge is 2.22. The number of hydrogen-bond acceptors (Lipinski definition) is 7. The van der Waals surface area contributed by atoms with Crippen LogP contribution in [-0.2, 0) is 6.67 Å². The molecule has 0 aliphatic carbocycles. The van der Waals surface area contributed by atoms with E-state index >= 15 is 0 Å². The molecule has 0 bridgehead atoms. The van der Waals surface area contributed by atoms with Gasteiger partial charge < -0.3 is 9.32 Å². The van der Waals surface area contributed by atoms with E-state index in [1.807, 2.05) is 38.1 Å². The molecular weight excluding hydrogens is 418 g/mol. The minimum Gasteiger partial charge on any atom is -0.408 e. The lowest BCUT2D eigenvalue weighted by molar-refractivity contribution is 0.103.